The van der Waals surface area contributed by atoms with Crippen molar-refractivity contribution in [1.82, 2.24) is 0 Å². The van der Waals surface area contributed by atoms with Crippen LogP contribution in [0.5, 0.6) is 5.75 Å². The molecule has 15 heavy (non-hydrogen) atoms. The molecule has 0 saturated carbocycles. The molecule has 0 bridgehead atoms. The third-order valence-corrected chi connectivity index (χ3v) is 1.94. The van der Waals surface area contributed by atoms with Crippen LogP contribution < -0.4 is 4.74 Å². The molecule has 1 rings (SSSR count). The fourth-order valence-corrected chi connectivity index (χ4v) is 1.08. The molecular formula is C11H15FO3. The summed E-state index contributed by atoms with van der Waals surface area (Å²) >= 11 is 0. The quantitative estimate of drug-likeness (QED) is 0.603. The standard InChI is InChI=1S/C11H15FO3/c1-3-14-7-15-11-5-4-9(8(2)13)6-10(11)12/h4-6,8,13H,3,7H2,1-2H3/t8-/m0/s1. The lowest BCUT2D eigenvalue weighted by atomic mass is 10.1. The molecule has 3 nitrogen and oxygen atoms in total. The summed E-state index contributed by atoms with van der Waals surface area (Å²) in [7, 11) is 0. The van der Waals surface area contributed by atoms with E-state index in [2.05, 4.69) is 0 Å². The lowest BCUT2D eigenvalue weighted by Crippen LogP contribution is -2.04. The van der Waals surface area contributed by atoms with Crippen LogP contribution in [-0.4, -0.2) is 18.5 Å². The van der Waals surface area contributed by atoms with E-state index >= 15 is 0 Å². The van der Waals surface area contributed by atoms with Gasteiger partial charge in [0, 0.05) is 6.61 Å². The van der Waals surface area contributed by atoms with Crippen molar-refractivity contribution < 1.29 is 19.0 Å². The monoisotopic (exact) mass is 214 g/mol. The number of aliphatic hydroxyl groups is 1. The van der Waals surface area contributed by atoms with Gasteiger partial charge in [0.05, 0.1) is 6.10 Å². The lowest BCUT2D eigenvalue weighted by molar-refractivity contribution is 0.0201. The van der Waals surface area contributed by atoms with Gasteiger partial charge in [0.15, 0.2) is 18.4 Å². The van der Waals surface area contributed by atoms with Crippen molar-refractivity contribution in [3.63, 3.8) is 0 Å². The van der Waals surface area contributed by atoms with Gasteiger partial charge in [-0.15, -0.1) is 0 Å². The van der Waals surface area contributed by atoms with Crippen LogP contribution in [0.2, 0.25) is 0 Å². The topological polar surface area (TPSA) is 38.7 Å². The van der Waals surface area contributed by atoms with E-state index in [1.165, 1.54) is 12.1 Å². The molecule has 1 atom stereocenters. The van der Waals surface area contributed by atoms with E-state index in [0.29, 0.717) is 12.2 Å². The van der Waals surface area contributed by atoms with Crippen LogP contribution in [0.1, 0.15) is 25.5 Å². The number of hydrogen-bond acceptors (Lipinski definition) is 3. The van der Waals surface area contributed by atoms with E-state index in [0.717, 1.165) is 0 Å². The zero-order valence-electron chi connectivity index (χ0n) is 8.87. The molecule has 0 amide bonds. The Balaban J connectivity index is 2.66. The maximum atomic E-state index is 13.3. The number of rotatable bonds is 5. The van der Waals surface area contributed by atoms with Crippen molar-refractivity contribution >= 4 is 0 Å². The highest BCUT2D eigenvalue weighted by Crippen LogP contribution is 2.21. The van der Waals surface area contributed by atoms with Crippen molar-refractivity contribution in [2.24, 2.45) is 0 Å². The lowest BCUT2D eigenvalue weighted by Gasteiger charge is -2.09. The molecule has 0 aliphatic heterocycles. The predicted molar refractivity (Wildman–Crippen MR) is 54.2 cm³/mol. The van der Waals surface area contributed by atoms with Gasteiger partial charge in [0.1, 0.15) is 0 Å². The molecule has 0 aliphatic rings. The second-order valence-electron chi connectivity index (χ2n) is 3.12. The van der Waals surface area contributed by atoms with Gasteiger partial charge >= 0.3 is 0 Å². The van der Waals surface area contributed by atoms with Crippen LogP contribution in [0.4, 0.5) is 4.39 Å². The molecule has 1 aromatic rings. The Hall–Kier alpha value is -1.13. The molecule has 0 radical (unpaired) electrons. The largest absolute Gasteiger partial charge is 0.464 e. The van der Waals surface area contributed by atoms with Gasteiger partial charge in [-0.05, 0) is 31.5 Å². The molecule has 0 heterocycles. The molecule has 1 N–H and O–H groups in total. The van der Waals surface area contributed by atoms with Gasteiger partial charge in [-0.1, -0.05) is 6.07 Å². The van der Waals surface area contributed by atoms with Crippen LogP contribution in [0, 0.1) is 5.82 Å². The number of benzene rings is 1. The second kappa shape index (κ2) is 5.68. The van der Waals surface area contributed by atoms with E-state index in [-0.39, 0.29) is 12.5 Å². The summed E-state index contributed by atoms with van der Waals surface area (Å²) in [4.78, 5) is 0. The molecule has 4 heteroatoms. The Kier molecular flexibility index (Phi) is 4.52. The SMILES string of the molecule is CCOCOc1ccc([C@H](C)O)cc1F. The maximum Gasteiger partial charge on any atom is 0.189 e. The zero-order valence-corrected chi connectivity index (χ0v) is 8.87. The van der Waals surface area contributed by atoms with Crippen molar-refractivity contribution in [3.8, 4) is 5.75 Å². The van der Waals surface area contributed by atoms with E-state index in [1.54, 1.807) is 13.0 Å². The summed E-state index contributed by atoms with van der Waals surface area (Å²) in [6, 6.07) is 4.36. The molecule has 0 aromatic heterocycles. The fourth-order valence-electron chi connectivity index (χ4n) is 1.08. The third-order valence-electron chi connectivity index (χ3n) is 1.94. The van der Waals surface area contributed by atoms with Gasteiger partial charge in [-0.3, -0.25) is 0 Å². The van der Waals surface area contributed by atoms with E-state index in [4.69, 9.17) is 9.47 Å². The molecule has 0 spiro atoms. The Morgan fingerprint density at radius 1 is 1.47 bits per heavy atom. The van der Waals surface area contributed by atoms with Gasteiger partial charge < -0.3 is 14.6 Å². The van der Waals surface area contributed by atoms with Crippen molar-refractivity contribution in [3.05, 3.63) is 29.6 Å². The smallest absolute Gasteiger partial charge is 0.189 e. The van der Waals surface area contributed by atoms with Gasteiger partial charge in [0.25, 0.3) is 0 Å². The Bertz CT molecular complexity index is 313. The van der Waals surface area contributed by atoms with E-state index in [1.807, 2.05) is 6.92 Å². The van der Waals surface area contributed by atoms with Crippen LogP contribution in [0.25, 0.3) is 0 Å². The summed E-state index contributed by atoms with van der Waals surface area (Å²) in [5.74, 6) is -0.360. The zero-order chi connectivity index (χ0) is 11.3. The number of halogens is 1. The van der Waals surface area contributed by atoms with E-state index in [9.17, 15) is 9.50 Å². The molecule has 84 valence electrons. The average molecular weight is 214 g/mol. The first-order valence-electron chi connectivity index (χ1n) is 4.83. The minimum Gasteiger partial charge on any atom is -0.464 e. The van der Waals surface area contributed by atoms with E-state index < -0.39 is 11.9 Å². The highest BCUT2D eigenvalue weighted by atomic mass is 19.1. The maximum absolute atomic E-state index is 13.3. The summed E-state index contributed by atoms with van der Waals surface area (Å²) in [5.41, 5.74) is 0.524. The van der Waals surface area contributed by atoms with Crippen molar-refractivity contribution in [2.75, 3.05) is 13.4 Å². The summed E-state index contributed by atoms with van der Waals surface area (Å²) in [6.45, 7) is 3.96. The van der Waals surface area contributed by atoms with Gasteiger partial charge in [0.2, 0.25) is 0 Å². The molecular weight excluding hydrogens is 199 g/mol. The molecule has 0 aliphatic carbocycles. The van der Waals surface area contributed by atoms with Crippen LogP contribution >= 0.6 is 0 Å². The summed E-state index contributed by atoms with van der Waals surface area (Å²) in [6.07, 6.45) is -0.680. The molecule has 0 fully saturated rings. The first-order chi connectivity index (χ1) is 7.15. The Morgan fingerprint density at radius 3 is 2.73 bits per heavy atom. The first kappa shape index (κ1) is 11.9. The first-order valence-corrected chi connectivity index (χ1v) is 4.83. The summed E-state index contributed by atoms with van der Waals surface area (Å²) < 4.78 is 23.3. The van der Waals surface area contributed by atoms with Crippen molar-refractivity contribution in [1.29, 1.82) is 0 Å². The number of aliphatic hydroxyl groups excluding tert-OH is 1. The van der Waals surface area contributed by atoms with Crippen LogP contribution in [0.3, 0.4) is 0 Å². The predicted octanol–water partition coefficient (Wildman–Crippen LogP) is 2.25. The molecule has 0 unspecified atom stereocenters. The second-order valence-corrected chi connectivity index (χ2v) is 3.12. The fraction of sp³-hybridized carbons (Fsp3) is 0.455. The summed E-state index contributed by atoms with van der Waals surface area (Å²) in [5, 5.41) is 9.22. The van der Waals surface area contributed by atoms with Crippen LogP contribution in [0.15, 0.2) is 18.2 Å². The van der Waals surface area contributed by atoms with Crippen molar-refractivity contribution in [2.45, 2.75) is 20.0 Å². The Morgan fingerprint density at radius 2 is 2.20 bits per heavy atom. The Labute approximate surface area is 88.4 Å². The molecule has 1 aromatic carbocycles. The average Bonchev–Trinajstić information content (AvgIpc) is 2.20. The minimum absolute atomic E-state index is 0.0292. The van der Waals surface area contributed by atoms with Gasteiger partial charge in [-0.2, -0.15) is 0 Å². The number of hydrogen-bond donors (Lipinski definition) is 1. The molecule has 0 saturated heterocycles. The highest BCUT2D eigenvalue weighted by Gasteiger charge is 2.07. The third kappa shape index (κ3) is 3.49. The van der Waals surface area contributed by atoms with Gasteiger partial charge in [-0.25, -0.2) is 4.39 Å². The normalized spacial score (nSPS) is 12.5. The minimum atomic E-state index is -0.680. The number of ether oxygens (including phenoxy) is 2. The highest BCUT2D eigenvalue weighted by molar-refractivity contribution is 5.30. The van der Waals surface area contributed by atoms with Crippen LogP contribution in [-0.2, 0) is 4.74 Å².